The first kappa shape index (κ1) is 18.9. The Labute approximate surface area is 148 Å². The van der Waals surface area contributed by atoms with E-state index in [0.717, 1.165) is 12.0 Å². The van der Waals surface area contributed by atoms with E-state index in [-0.39, 0.29) is 30.9 Å². The molecule has 0 radical (unpaired) electrons. The van der Waals surface area contributed by atoms with Crippen LogP contribution in [0.15, 0.2) is 30.3 Å². The van der Waals surface area contributed by atoms with Gasteiger partial charge in [0.05, 0.1) is 0 Å². The van der Waals surface area contributed by atoms with Gasteiger partial charge < -0.3 is 15.5 Å². The Hall–Kier alpha value is -2.41. The average Bonchev–Trinajstić information content (AvgIpc) is 2.85. The van der Waals surface area contributed by atoms with Crippen molar-refractivity contribution >= 4 is 17.8 Å². The van der Waals surface area contributed by atoms with Crippen LogP contribution in [0.5, 0.6) is 0 Å². The fourth-order valence-electron chi connectivity index (χ4n) is 2.81. The van der Waals surface area contributed by atoms with Gasteiger partial charge in [0.1, 0.15) is 6.54 Å². The van der Waals surface area contributed by atoms with Gasteiger partial charge in [-0.3, -0.25) is 14.5 Å². The van der Waals surface area contributed by atoms with E-state index in [4.69, 9.17) is 5.73 Å². The number of carbonyl (C=O) groups excluding carboxylic acids is 3. The quantitative estimate of drug-likeness (QED) is 0.677. The molecular weight excluding hydrogens is 320 g/mol. The fraction of sp³-hybridized carbons (Fsp3) is 0.500. The Balaban J connectivity index is 1.86. The van der Waals surface area contributed by atoms with E-state index < -0.39 is 0 Å². The van der Waals surface area contributed by atoms with Crippen molar-refractivity contribution in [3.05, 3.63) is 35.9 Å². The lowest BCUT2D eigenvalue weighted by molar-refractivity contribution is -0.132. The van der Waals surface area contributed by atoms with Crippen LogP contribution >= 0.6 is 0 Å². The maximum Gasteiger partial charge on any atom is 0.326 e. The first-order chi connectivity index (χ1) is 12.0. The molecule has 0 aliphatic carbocycles. The summed E-state index contributed by atoms with van der Waals surface area (Å²) in [7, 11) is 1.60. The SMILES string of the molecule is CN1CC(=O)N(CCCC(=O)N(CCCN)Cc2ccccc2)C1=O. The molecule has 1 aliphatic rings. The van der Waals surface area contributed by atoms with Crippen molar-refractivity contribution in [2.45, 2.75) is 25.8 Å². The zero-order chi connectivity index (χ0) is 18.2. The second kappa shape index (κ2) is 9.17. The molecule has 2 N–H and O–H groups in total. The second-order valence-electron chi connectivity index (χ2n) is 6.23. The van der Waals surface area contributed by atoms with Gasteiger partial charge in [0.2, 0.25) is 11.8 Å². The van der Waals surface area contributed by atoms with Crippen LogP contribution in [-0.2, 0) is 16.1 Å². The molecule has 2 rings (SSSR count). The molecule has 7 nitrogen and oxygen atoms in total. The highest BCUT2D eigenvalue weighted by Crippen LogP contribution is 2.11. The van der Waals surface area contributed by atoms with Crippen LogP contribution in [0.3, 0.4) is 0 Å². The molecule has 25 heavy (non-hydrogen) atoms. The van der Waals surface area contributed by atoms with Crippen LogP contribution in [0.25, 0.3) is 0 Å². The van der Waals surface area contributed by atoms with Gasteiger partial charge in [-0.05, 0) is 24.9 Å². The molecule has 0 spiro atoms. The summed E-state index contributed by atoms with van der Waals surface area (Å²) < 4.78 is 0. The van der Waals surface area contributed by atoms with Gasteiger partial charge in [0.25, 0.3) is 0 Å². The highest BCUT2D eigenvalue weighted by Gasteiger charge is 2.32. The Morgan fingerprint density at radius 2 is 1.92 bits per heavy atom. The topological polar surface area (TPSA) is 87.0 Å². The van der Waals surface area contributed by atoms with Gasteiger partial charge in [-0.2, -0.15) is 0 Å². The Bertz CT molecular complexity index is 606. The fourth-order valence-corrected chi connectivity index (χ4v) is 2.81. The molecule has 4 amide bonds. The maximum absolute atomic E-state index is 12.5. The summed E-state index contributed by atoms with van der Waals surface area (Å²) in [6.07, 6.45) is 1.52. The van der Waals surface area contributed by atoms with Crippen molar-refractivity contribution in [3.63, 3.8) is 0 Å². The smallest absolute Gasteiger partial charge is 0.326 e. The van der Waals surface area contributed by atoms with Crippen molar-refractivity contribution in [1.29, 1.82) is 0 Å². The van der Waals surface area contributed by atoms with E-state index >= 15 is 0 Å². The van der Waals surface area contributed by atoms with Crippen molar-refractivity contribution in [3.8, 4) is 0 Å². The Morgan fingerprint density at radius 1 is 1.20 bits per heavy atom. The number of nitrogens with zero attached hydrogens (tertiary/aromatic N) is 3. The van der Waals surface area contributed by atoms with Crippen LogP contribution in [-0.4, -0.2) is 65.8 Å². The predicted molar refractivity (Wildman–Crippen MR) is 94.5 cm³/mol. The van der Waals surface area contributed by atoms with E-state index in [9.17, 15) is 14.4 Å². The van der Waals surface area contributed by atoms with Gasteiger partial charge >= 0.3 is 6.03 Å². The van der Waals surface area contributed by atoms with Gasteiger partial charge in [-0.25, -0.2) is 4.79 Å². The molecule has 0 bridgehead atoms. The lowest BCUT2D eigenvalue weighted by Crippen LogP contribution is -2.35. The summed E-state index contributed by atoms with van der Waals surface area (Å²) in [6.45, 7) is 2.08. The molecule has 1 heterocycles. The normalized spacial score (nSPS) is 14.3. The summed E-state index contributed by atoms with van der Waals surface area (Å²) in [4.78, 5) is 40.5. The molecule has 1 saturated heterocycles. The largest absolute Gasteiger partial charge is 0.338 e. The molecule has 0 aromatic heterocycles. The van der Waals surface area contributed by atoms with Crippen LogP contribution in [0, 0.1) is 0 Å². The maximum atomic E-state index is 12.5. The molecule has 1 aliphatic heterocycles. The number of likely N-dealkylation sites (N-methyl/N-ethyl adjacent to an activating group) is 1. The Kier molecular flexibility index (Phi) is 6.94. The lowest BCUT2D eigenvalue weighted by Gasteiger charge is -2.23. The second-order valence-corrected chi connectivity index (χ2v) is 6.23. The molecule has 1 aromatic rings. The van der Waals surface area contributed by atoms with Crippen LogP contribution in [0.1, 0.15) is 24.8 Å². The number of benzene rings is 1. The number of hydrogen-bond donors (Lipinski definition) is 1. The zero-order valence-electron chi connectivity index (χ0n) is 14.7. The lowest BCUT2D eigenvalue weighted by atomic mass is 10.2. The minimum absolute atomic E-state index is 0.0183. The highest BCUT2D eigenvalue weighted by molar-refractivity contribution is 6.01. The van der Waals surface area contributed by atoms with Crippen molar-refractivity contribution in [2.75, 3.05) is 33.2 Å². The molecule has 0 unspecified atom stereocenters. The number of urea groups is 1. The third-order valence-electron chi connectivity index (χ3n) is 4.20. The summed E-state index contributed by atoms with van der Waals surface area (Å²) in [5.74, 6) is -0.186. The van der Waals surface area contributed by atoms with Crippen molar-refractivity contribution in [2.24, 2.45) is 5.73 Å². The van der Waals surface area contributed by atoms with Crippen LogP contribution < -0.4 is 5.73 Å². The third-order valence-corrected chi connectivity index (χ3v) is 4.20. The molecule has 1 fully saturated rings. The number of carbonyl (C=O) groups is 3. The highest BCUT2D eigenvalue weighted by atomic mass is 16.2. The molecule has 1 aromatic carbocycles. The predicted octanol–water partition coefficient (Wildman–Crippen LogP) is 1.04. The summed E-state index contributed by atoms with van der Waals surface area (Å²) in [5.41, 5.74) is 6.64. The van der Waals surface area contributed by atoms with E-state index in [1.807, 2.05) is 30.3 Å². The average molecular weight is 346 g/mol. The number of imide groups is 1. The molecule has 136 valence electrons. The molecule has 7 heteroatoms. The molecule has 0 saturated carbocycles. The molecule has 0 atom stereocenters. The minimum Gasteiger partial charge on any atom is -0.338 e. The summed E-state index contributed by atoms with van der Waals surface area (Å²) in [5, 5.41) is 0. The van der Waals surface area contributed by atoms with Crippen molar-refractivity contribution < 1.29 is 14.4 Å². The van der Waals surface area contributed by atoms with E-state index in [2.05, 4.69) is 0 Å². The number of rotatable bonds is 9. The monoisotopic (exact) mass is 346 g/mol. The third kappa shape index (κ3) is 5.29. The Morgan fingerprint density at radius 3 is 2.52 bits per heavy atom. The van der Waals surface area contributed by atoms with Gasteiger partial charge in [-0.15, -0.1) is 0 Å². The summed E-state index contributed by atoms with van der Waals surface area (Å²) in [6, 6.07) is 9.52. The van der Waals surface area contributed by atoms with Gasteiger partial charge in [0, 0.05) is 33.1 Å². The number of nitrogens with two attached hydrogens (primary N) is 1. The van der Waals surface area contributed by atoms with Crippen LogP contribution in [0.4, 0.5) is 4.79 Å². The first-order valence-corrected chi connectivity index (χ1v) is 8.60. The first-order valence-electron chi connectivity index (χ1n) is 8.60. The standard InChI is InChI=1S/C18H26N4O3/c1-20-14-17(24)22(18(20)25)12-5-9-16(23)21(11-6-10-19)13-15-7-3-2-4-8-15/h2-4,7-8H,5-6,9-14,19H2,1H3. The number of hydrogen-bond acceptors (Lipinski definition) is 4. The number of amides is 4. The zero-order valence-corrected chi connectivity index (χ0v) is 14.7. The van der Waals surface area contributed by atoms with Gasteiger partial charge in [-0.1, -0.05) is 30.3 Å². The minimum atomic E-state index is -0.290. The van der Waals surface area contributed by atoms with E-state index in [1.165, 1.54) is 9.80 Å². The van der Waals surface area contributed by atoms with E-state index in [1.54, 1.807) is 11.9 Å². The van der Waals surface area contributed by atoms with Gasteiger partial charge in [0.15, 0.2) is 0 Å². The molecular formula is C18H26N4O3. The van der Waals surface area contributed by atoms with Crippen molar-refractivity contribution in [1.82, 2.24) is 14.7 Å². The van der Waals surface area contributed by atoms with E-state index in [0.29, 0.717) is 32.5 Å². The van der Waals surface area contributed by atoms with Crippen LogP contribution in [0.2, 0.25) is 0 Å². The summed E-state index contributed by atoms with van der Waals surface area (Å²) >= 11 is 0.